The molecule has 1 amide bonds. The van der Waals surface area contributed by atoms with Crippen molar-refractivity contribution >= 4 is 16.9 Å². The number of amides is 1. The molecule has 0 saturated heterocycles. The topological polar surface area (TPSA) is 56.2 Å². The molecule has 0 spiro atoms. The molecule has 4 aromatic rings. The van der Waals surface area contributed by atoms with E-state index in [1.165, 1.54) is 5.56 Å². The van der Waals surface area contributed by atoms with Crippen molar-refractivity contribution in [2.45, 2.75) is 58.9 Å². The zero-order valence-corrected chi connectivity index (χ0v) is 21.9. The van der Waals surface area contributed by atoms with E-state index in [1.807, 2.05) is 61.5 Å². The van der Waals surface area contributed by atoms with Crippen LogP contribution in [-0.4, -0.2) is 28.6 Å². The van der Waals surface area contributed by atoms with Crippen LogP contribution in [0.1, 0.15) is 49.7 Å². The molecule has 4 rings (SSSR count). The van der Waals surface area contributed by atoms with Gasteiger partial charge in [-0.3, -0.25) is 4.79 Å². The van der Waals surface area contributed by atoms with Crippen LogP contribution in [0.15, 0.2) is 72.8 Å². The number of aromatic nitrogens is 2. The van der Waals surface area contributed by atoms with E-state index in [9.17, 15) is 4.79 Å². The number of hydrogen-bond donors (Lipinski definition) is 1. The van der Waals surface area contributed by atoms with Gasteiger partial charge in [0, 0.05) is 13.0 Å². The monoisotopic (exact) mass is 483 g/mol. The Bertz CT molecular complexity index is 1300. The number of hydrogen-bond acceptors (Lipinski definition) is 3. The molecule has 5 heteroatoms. The van der Waals surface area contributed by atoms with Crippen molar-refractivity contribution in [2.24, 2.45) is 0 Å². The summed E-state index contributed by atoms with van der Waals surface area (Å²) in [5.74, 6) is 1.96. The molecule has 0 bridgehead atoms. The summed E-state index contributed by atoms with van der Waals surface area (Å²) in [5, 5.41) is 3.06. The van der Waals surface area contributed by atoms with Crippen LogP contribution >= 0.6 is 0 Å². The second-order valence-electron chi connectivity index (χ2n) is 10.3. The Balaban J connectivity index is 1.32. The van der Waals surface area contributed by atoms with Gasteiger partial charge in [-0.1, -0.05) is 69.3 Å². The highest BCUT2D eigenvalue weighted by molar-refractivity contribution is 5.79. The van der Waals surface area contributed by atoms with Crippen LogP contribution in [0.25, 0.3) is 11.0 Å². The average molecular weight is 484 g/mol. The van der Waals surface area contributed by atoms with E-state index >= 15 is 0 Å². The molecule has 0 aliphatic carbocycles. The third kappa shape index (κ3) is 6.54. The van der Waals surface area contributed by atoms with Crippen molar-refractivity contribution in [3.05, 3.63) is 95.3 Å². The summed E-state index contributed by atoms with van der Waals surface area (Å²) >= 11 is 0. The summed E-state index contributed by atoms with van der Waals surface area (Å²) in [5.41, 5.74) is 5.75. The lowest BCUT2D eigenvalue weighted by molar-refractivity contribution is -0.120. The standard InChI is InChI=1S/C31H37N3O2/c1-23-10-5-6-11-24(23)22-30(35)32-19-9-14-29-33-27-12-7-8-13-28(27)34(29)20-21-36-26-17-15-25(16-18-26)31(2,3)4/h5-8,10-13,15-18H,9,14,19-22H2,1-4H3,(H,32,35). The Morgan fingerprint density at radius 3 is 2.44 bits per heavy atom. The lowest BCUT2D eigenvalue weighted by Crippen LogP contribution is -2.26. The Morgan fingerprint density at radius 2 is 1.69 bits per heavy atom. The van der Waals surface area contributed by atoms with Crippen LogP contribution in [0.4, 0.5) is 0 Å². The third-order valence-corrected chi connectivity index (χ3v) is 6.55. The maximum atomic E-state index is 12.4. The molecule has 0 saturated carbocycles. The molecular formula is C31H37N3O2. The number of nitrogens with one attached hydrogen (secondary N) is 1. The molecular weight excluding hydrogens is 446 g/mol. The highest BCUT2D eigenvalue weighted by atomic mass is 16.5. The fraction of sp³-hybridized carbons (Fsp3) is 0.355. The third-order valence-electron chi connectivity index (χ3n) is 6.55. The molecule has 1 N–H and O–H groups in total. The van der Waals surface area contributed by atoms with Crippen LogP contribution in [0, 0.1) is 6.92 Å². The maximum Gasteiger partial charge on any atom is 0.224 e. The van der Waals surface area contributed by atoms with E-state index in [0.717, 1.165) is 53.1 Å². The van der Waals surface area contributed by atoms with Crippen molar-refractivity contribution in [1.29, 1.82) is 0 Å². The molecule has 0 aliphatic rings. The maximum absolute atomic E-state index is 12.4. The van der Waals surface area contributed by atoms with Crippen LogP contribution in [0.5, 0.6) is 5.75 Å². The van der Waals surface area contributed by atoms with Gasteiger partial charge in [0.15, 0.2) is 0 Å². The number of benzene rings is 3. The van der Waals surface area contributed by atoms with Gasteiger partial charge in [0.2, 0.25) is 5.91 Å². The van der Waals surface area contributed by atoms with E-state index in [4.69, 9.17) is 9.72 Å². The zero-order chi connectivity index (χ0) is 25.5. The van der Waals surface area contributed by atoms with Gasteiger partial charge in [-0.05, 0) is 59.7 Å². The van der Waals surface area contributed by atoms with Crippen LogP contribution in [0.3, 0.4) is 0 Å². The minimum atomic E-state index is 0.0590. The fourth-order valence-corrected chi connectivity index (χ4v) is 4.39. The Labute approximate surface area is 214 Å². The van der Waals surface area contributed by atoms with Gasteiger partial charge in [-0.25, -0.2) is 4.98 Å². The van der Waals surface area contributed by atoms with Gasteiger partial charge in [0.1, 0.15) is 18.2 Å². The van der Waals surface area contributed by atoms with Crippen molar-refractivity contribution in [1.82, 2.24) is 14.9 Å². The number of rotatable bonds is 10. The Hall–Kier alpha value is -3.60. The predicted molar refractivity (Wildman–Crippen MR) is 147 cm³/mol. The average Bonchev–Trinajstić information content (AvgIpc) is 3.20. The van der Waals surface area contributed by atoms with Crippen LogP contribution in [0.2, 0.25) is 0 Å². The number of aryl methyl sites for hydroxylation is 2. The highest BCUT2D eigenvalue weighted by Crippen LogP contribution is 2.24. The molecule has 1 aromatic heterocycles. The number of imidazole rings is 1. The van der Waals surface area contributed by atoms with E-state index in [2.05, 4.69) is 48.9 Å². The summed E-state index contributed by atoms with van der Waals surface area (Å²) in [7, 11) is 0. The Morgan fingerprint density at radius 1 is 0.972 bits per heavy atom. The number of carbonyl (C=O) groups excluding carboxylic acids is 1. The molecule has 36 heavy (non-hydrogen) atoms. The molecule has 0 atom stereocenters. The van der Waals surface area contributed by atoms with Gasteiger partial charge in [-0.2, -0.15) is 0 Å². The van der Waals surface area contributed by atoms with Gasteiger partial charge in [0.25, 0.3) is 0 Å². The lowest BCUT2D eigenvalue weighted by atomic mass is 9.87. The van der Waals surface area contributed by atoms with Crippen molar-refractivity contribution in [2.75, 3.05) is 13.2 Å². The van der Waals surface area contributed by atoms with Gasteiger partial charge < -0.3 is 14.6 Å². The number of fused-ring (bicyclic) bond motifs is 1. The normalized spacial score (nSPS) is 11.6. The van der Waals surface area contributed by atoms with Crippen LogP contribution < -0.4 is 10.1 Å². The minimum Gasteiger partial charge on any atom is -0.492 e. The summed E-state index contributed by atoms with van der Waals surface area (Å²) in [6, 6.07) is 24.6. The summed E-state index contributed by atoms with van der Waals surface area (Å²) in [4.78, 5) is 17.3. The largest absolute Gasteiger partial charge is 0.492 e. The molecule has 3 aromatic carbocycles. The quantitative estimate of drug-likeness (QED) is 0.281. The van der Waals surface area contributed by atoms with Gasteiger partial charge >= 0.3 is 0 Å². The van der Waals surface area contributed by atoms with E-state index in [-0.39, 0.29) is 11.3 Å². The molecule has 0 unspecified atom stereocenters. The molecule has 0 aliphatic heterocycles. The second-order valence-corrected chi connectivity index (χ2v) is 10.3. The summed E-state index contributed by atoms with van der Waals surface area (Å²) < 4.78 is 8.31. The van der Waals surface area contributed by atoms with Gasteiger partial charge in [0.05, 0.1) is 24.0 Å². The van der Waals surface area contributed by atoms with E-state index < -0.39 is 0 Å². The molecule has 0 fully saturated rings. The first-order chi connectivity index (χ1) is 17.3. The van der Waals surface area contributed by atoms with Crippen molar-refractivity contribution in [3.8, 4) is 5.75 Å². The smallest absolute Gasteiger partial charge is 0.224 e. The minimum absolute atomic E-state index is 0.0590. The van der Waals surface area contributed by atoms with Crippen molar-refractivity contribution in [3.63, 3.8) is 0 Å². The first kappa shape index (κ1) is 25.5. The van der Waals surface area contributed by atoms with Gasteiger partial charge in [-0.15, -0.1) is 0 Å². The predicted octanol–water partition coefficient (Wildman–Crippen LogP) is 6.01. The first-order valence-electron chi connectivity index (χ1n) is 12.8. The highest BCUT2D eigenvalue weighted by Gasteiger charge is 2.14. The zero-order valence-electron chi connectivity index (χ0n) is 21.9. The molecule has 5 nitrogen and oxygen atoms in total. The molecule has 0 radical (unpaired) electrons. The second kappa shape index (κ2) is 11.4. The Kier molecular flexibility index (Phi) is 8.09. The SMILES string of the molecule is Cc1ccccc1CC(=O)NCCCc1nc2ccccc2n1CCOc1ccc(C(C)(C)C)cc1. The summed E-state index contributed by atoms with van der Waals surface area (Å²) in [6.45, 7) is 10.6. The molecule has 1 heterocycles. The summed E-state index contributed by atoms with van der Waals surface area (Å²) in [6.07, 6.45) is 2.04. The fourth-order valence-electron chi connectivity index (χ4n) is 4.39. The van der Waals surface area contributed by atoms with E-state index in [1.54, 1.807) is 0 Å². The van der Waals surface area contributed by atoms with Crippen LogP contribution in [-0.2, 0) is 29.6 Å². The first-order valence-corrected chi connectivity index (χ1v) is 12.8. The van der Waals surface area contributed by atoms with E-state index in [0.29, 0.717) is 19.6 Å². The van der Waals surface area contributed by atoms with Crippen molar-refractivity contribution < 1.29 is 9.53 Å². The number of nitrogens with zero attached hydrogens (tertiary/aromatic N) is 2. The lowest BCUT2D eigenvalue weighted by Gasteiger charge is -2.19. The number of para-hydroxylation sites is 2. The molecule has 188 valence electrons. The number of carbonyl (C=O) groups is 1. The number of ether oxygens (including phenoxy) is 1.